The molecule has 6 nitrogen and oxygen atoms in total. The summed E-state index contributed by atoms with van der Waals surface area (Å²) in [6.45, 7) is 6.32. The van der Waals surface area contributed by atoms with E-state index in [0.29, 0.717) is 19.3 Å². The van der Waals surface area contributed by atoms with Crippen molar-refractivity contribution in [3.05, 3.63) is 122 Å². The van der Waals surface area contributed by atoms with E-state index >= 15 is 0 Å². The highest BCUT2D eigenvalue weighted by atomic mass is 16.6. The molecule has 0 aliphatic rings. The van der Waals surface area contributed by atoms with Crippen molar-refractivity contribution in [2.24, 2.45) is 0 Å². The Kier molecular flexibility index (Phi) is 56.9. The van der Waals surface area contributed by atoms with Crippen LogP contribution in [-0.2, 0) is 28.6 Å². The Labute approximate surface area is 450 Å². The summed E-state index contributed by atoms with van der Waals surface area (Å²) < 4.78 is 16.7. The Morgan fingerprint density at radius 2 is 0.534 bits per heavy atom. The molecule has 0 aliphatic carbocycles. The summed E-state index contributed by atoms with van der Waals surface area (Å²) in [6.07, 6.45) is 83.8. The summed E-state index contributed by atoms with van der Waals surface area (Å²) in [6, 6.07) is 0. The maximum absolute atomic E-state index is 12.8. The molecule has 1 atom stereocenters. The molecule has 0 saturated carbocycles. The molecule has 0 aromatic heterocycles. The standard InChI is InChI=1S/C67H110O6/c1-4-7-10-13-15-17-19-21-23-25-27-29-31-33-35-37-39-41-43-45-47-49-51-54-57-60-66(69)72-63-64(62-71-65(68)59-56-53-12-9-6-3)73-67(70)61-58-55-52-50-48-46-44-42-40-38-36-34-32-30-28-26-24-22-20-18-16-14-11-8-5-2/h7-8,10-11,15-18,21-24,27-30,33,35,39,41,64H,4-6,9,12-14,19-20,25-26,31-32,34,36-38,40,42-63H2,1-3H3/b10-7-,11-8-,17-15-,18-16-,23-21-,24-22-,29-27-,30-28-,35-33-,41-39-. The van der Waals surface area contributed by atoms with Crippen molar-refractivity contribution in [3.8, 4) is 0 Å². The molecule has 6 heteroatoms. The lowest BCUT2D eigenvalue weighted by molar-refractivity contribution is -0.167. The zero-order chi connectivity index (χ0) is 52.9. The van der Waals surface area contributed by atoms with Crippen molar-refractivity contribution in [2.75, 3.05) is 13.2 Å². The van der Waals surface area contributed by atoms with Crippen molar-refractivity contribution in [1.29, 1.82) is 0 Å². The molecular formula is C67H110O6. The molecule has 0 amide bonds. The smallest absolute Gasteiger partial charge is 0.306 e. The zero-order valence-corrected chi connectivity index (χ0v) is 47.4. The van der Waals surface area contributed by atoms with Crippen LogP contribution >= 0.6 is 0 Å². The number of carbonyl (C=O) groups excluding carboxylic acids is 3. The first kappa shape index (κ1) is 68.8. The van der Waals surface area contributed by atoms with Crippen LogP contribution in [0.1, 0.15) is 265 Å². The van der Waals surface area contributed by atoms with Crippen LogP contribution in [0.15, 0.2) is 122 Å². The van der Waals surface area contributed by atoms with Gasteiger partial charge in [-0.1, -0.05) is 258 Å². The number of rotatable bonds is 53. The van der Waals surface area contributed by atoms with Gasteiger partial charge in [-0.2, -0.15) is 0 Å². The molecule has 0 spiro atoms. The van der Waals surface area contributed by atoms with Gasteiger partial charge in [-0.15, -0.1) is 0 Å². The molecule has 0 radical (unpaired) electrons. The van der Waals surface area contributed by atoms with Gasteiger partial charge in [0.15, 0.2) is 6.10 Å². The van der Waals surface area contributed by atoms with Crippen LogP contribution < -0.4 is 0 Å². The highest BCUT2D eigenvalue weighted by molar-refractivity contribution is 5.71. The van der Waals surface area contributed by atoms with E-state index in [1.165, 1.54) is 83.5 Å². The second kappa shape index (κ2) is 60.4. The van der Waals surface area contributed by atoms with Crippen LogP contribution in [0.2, 0.25) is 0 Å². The molecule has 0 saturated heterocycles. The summed E-state index contributed by atoms with van der Waals surface area (Å²) in [7, 11) is 0. The average Bonchev–Trinajstić information content (AvgIpc) is 3.39. The Morgan fingerprint density at radius 1 is 0.288 bits per heavy atom. The fourth-order valence-corrected chi connectivity index (χ4v) is 8.03. The highest BCUT2D eigenvalue weighted by Crippen LogP contribution is 2.15. The first-order chi connectivity index (χ1) is 36.0. The molecule has 1 unspecified atom stereocenters. The van der Waals surface area contributed by atoms with Crippen molar-refractivity contribution in [2.45, 2.75) is 271 Å². The number of esters is 3. The summed E-state index contributed by atoms with van der Waals surface area (Å²) in [5.41, 5.74) is 0. The summed E-state index contributed by atoms with van der Waals surface area (Å²) >= 11 is 0. The summed E-state index contributed by atoms with van der Waals surface area (Å²) in [5.74, 6) is -0.917. The van der Waals surface area contributed by atoms with Gasteiger partial charge in [0.25, 0.3) is 0 Å². The van der Waals surface area contributed by atoms with Gasteiger partial charge in [0.1, 0.15) is 13.2 Å². The van der Waals surface area contributed by atoms with Gasteiger partial charge in [-0.05, 0) is 109 Å². The Bertz CT molecular complexity index is 1540. The van der Waals surface area contributed by atoms with Crippen LogP contribution in [0.3, 0.4) is 0 Å². The maximum Gasteiger partial charge on any atom is 0.306 e. The van der Waals surface area contributed by atoms with E-state index in [1.54, 1.807) is 0 Å². The maximum atomic E-state index is 12.8. The van der Waals surface area contributed by atoms with Crippen molar-refractivity contribution in [3.63, 3.8) is 0 Å². The predicted molar refractivity (Wildman–Crippen MR) is 316 cm³/mol. The molecule has 0 bridgehead atoms. The molecular weight excluding hydrogens is 901 g/mol. The minimum absolute atomic E-state index is 0.0859. The molecule has 73 heavy (non-hydrogen) atoms. The lowest BCUT2D eigenvalue weighted by Crippen LogP contribution is -2.30. The number of unbranched alkanes of at least 4 members (excludes halogenated alkanes) is 22. The molecule has 0 fully saturated rings. The number of hydrogen-bond donors (Lipinski definition) is 0. The van der Waals surface area contributed by atoms with E-state index < -0.39 is 6.10 Å². The van der Waals surface area contributed by atoms with Crippen LogP contribution in [0, 0.1) is 0 Å². The van der Waals surface area contributed by atoms with E-state index in [0.717, 1.165) is 141 Å². The third kappa shape index (κ3) is 58.6. The molecule has 0 heterocycles. The summed E-state index contributed by atoms with van der Waals surface area (Å²) in [5, 5.41) is 0. The lowest BCUT2D eigenvalue weighted by Gasteiger charge is -2.18. The molecule has 0 rings (SSSR count). The van der Waals surface area contributed by atoms with Gasteiger partial charge in [0, 0.05) is 19.3 Å². The molecule has 414 valence electrons. The predicted octanol–water partition coefficient (Wildman–Crippen LogP) is 20.4. The summed E-state index contributed by atoms with van der Waals surface area (Å²) in [4.78, 5) is 37.9. The number of carbonyl (C=O) groups is 3. The lowest BCUT2D eigenvalue weighted by atomic mass is 10.0. The highest BCUT2D eigenvalue weighted by Gasteiger charge is 2.19. The normalized spacial score (nSPS) is 13.0. The topological polar surface area (TPSA) is 78.9 Å². The van der Waals surface area contributed by atoms with Gasteiger partial charge in [-0.25, -0.2) is 0 Å². The van der Waals surface area contributed by atoms with Crippen LogP contribution in [-0.4, -0.2) is 37.2 Å². The largest absolute Gasteiger partial charge is 0.462 e. The number of allylic oxidation sites excluding steroid dienone is 20. The second-order valence-corrected chi connectivity index (χ2v) is 19.5. The fourth-order valence-electron chi connectivity index (χ4n) is 8.03. The molecule has 0 aliphatic heterocycles. The minimum atomic E-state index is -0.785. The third-order valence-corrected chi connectivity index (χ3v) is 12.5. The second-order valence-electron chi connectivity index (χ2n) is 19.5. The van der Waals surface area contributed by atoms with Gasteiger partial charge < -0.3 is 14.2 Å². The van der Waals surface area contributed by atoms with Gasteiger partial charge in [0.05, 0.1) is 0 Å². The van der Waals surface area contributed by atoms with Gasteiger partial charge in [-0.3, -0.25) is 14.4 Å². The van der Waals surface area contributed by atoms with E-state index in [9.17, 15) is 14.4 Å². The Hall–Kier alpha value is -4.19. The van der Waals surface area contributed by atoms with Crippen molar-refractivity contribution in [1.82, 2.24) is 0 Å². The van der Waals surface area contributed by atoms with Crippen molar-refractivity contribution < 1.29 is 28.6 Å². The molecule has 0 N–H and O–H groups in total. The van der Waals surface area contributed by atoms with Crippen LogP contribution in [0.25, 0.3) is 0 Å². The van der Waals surface area contributed by atoms with Gasteiger partial charge >= 0.3 is 17.9 Å². The molecule has 0 aromatic rings. The van der Waals surface area contributed by atoms with Crippen LogP contribution in [0.5, 0.6) is 0 Å². The van der Waals surface area contributed by atoms with Crippen LogP contribution in [0.4, 0.5) is 0 Å². The minimum Gasteiger partial charge on any atom is -0.462 e. The molecule has 0 aromatic carbocycles. The Morgan fingerprint density at radius 3 is 0.836 bits per heavy atom. The number of ether oxygens (including phenoxy) is 3. The van der Waals surface area contributed by atoms with E-state index in [2.05, 4.69) is 142 Å². The van der Waals surface area contributed by atoms with E-state index in [1.807, 2.05) is 0 Å². The fraction of sp³-hybridized carbons (Fsp3) is 0.657. The first-order valence-electron chi connectivity index (χ1n) is 30.0. The number of hydrogen-bond acceptors (Lipinski definition) is 6. The SMILES string of the molecule is CC/C=C\C/C=C\C/C=C\C/C=C\C/C=C\C/C=C\CCCCCCCCC(=O)OCC(COC(=O)CCCCCCC)OC(=O)CCCCCCCCCCCCCC/C=C\C/C=C\C/C=C\C/C=C\CC. The monoisotopic (exact) mass is 1010 g/mol. The van der Waals surface area contributed by atoms with Gasteiger partial charge in [0.2, 0.25) is 0 Å². The zero-order valence-electron chi connectivity index (χ0n) is 47.4. The first-order valence-corrected chi connectivity index (χ1v) is 30.0. The third-order valence-electron chi connectivity index (χ3n) is 12.5. The van der Waals surface area contributed by atoms with Crippen molar-refractivity contribution >= 4 is 17.9 Å². The quantitative estimate of drug-likeness (QED) is 0.0261. The van der Waals surface area contributed by atoms with E-state index in [4.69, 9.17) is 14.2 Å². The Balaban J connectivity index is 4.13. The average molecular weight is 1010 g/mol. The van der Waals surface area contributed by atoms with E-state index in [-0.39, 0.29) is 31.1 Å².